The lowest BCUT2D eigenvalue weighted by atomic mass is 10.1. The SMILES string of the molecule is CC[C@@H]1CC(C)=CN1C(=O)c1cc(C)c(OCCCOc2cc([N+](=O)[O-])c(C(=O)N3C=C(C)C[C@H]3CO[Si](C)(C)C(C)(C)C)cc2OC)cc1[N+](=O)[O-]. The number of rotatable bonds is 15. The Morgan fingerprint density at radius 3 is 1.81 bits per heavy atom. The van der Waals surface area contributed by atoms with Gasteiger partial charge >= 0.3 is 0 Å². The molecule has 2 aromatic rings. The summed E-state index contributed by atoms with van der Waals surface area (Å²) in [7, 11) is -0.728. The maximum Gasteiger partial charge on any atom is 0.286 e. The van der Waals surface area contributed by atoms with Crippen LogP contribution in [0.15, 0.2) is 47.8 Å². The number of aryl methyl sites for hydroxylation is 1. The van der Waals surface area contributed by atoms with Crippen LogP contribution in [0.3, 0.4) is 0 Å². The normalized spacial score (nSPS) is 17.4. The van der Waals surface area contributed by atoms with Crippen LogP contribution in [0.2, 0.25) is 18.1 Å². The molecule has 2 aromatic carbocycles. The Morgan fingerprint density at radius 2 is 1.30 bits per heavy atom. The zero-order valence-electron chi connectivity index (χ0n) is 32.4. The van der Waals surface area contributed by atoms with Gasteiger partial charge in [0.25, 0.3) is 23.2 Å². The molecule has 0 saturated heterocycles. The highest BCUT2D eigenvalue weighted by Gasteiger charge is 2.40. The summed E-state index contributed by atoms with van der Waals surface area (Å²) in [5.41, 5.74) is 1.65. The van der Waals surface area contributed by atoms with Gasteiger partial charge in [0.1, 0.15) is 16.9 Å². The van der Waals surface area contributed by atoms with Gasteiger partial charge in [-0.15, -0.1) is 0 Å². The molecule has 2 heterocycles. The van der Waals surface area contributed by atoms with Crippen LogP contribution in [0.25, 0.3) is 0 Å². The van der Waals surface area contributed by atoms with Crippen molar-refractivity contribution in [2.75, 3.05) is 26.9 Å². The van der Waals surface area contributed by atoms with E-state index in [0.29, 0.717) is 25.0 Å². The van der Waals surface area contributed by atoms with E-state index in [1.807, 2.05) is 20.8 Å². The molecule has 0 unspecified atom stereocenters. The standard InChI is InChI=1S/C38H52N4O10Si/c1-11-27-15-24(2)21-39(27)36(43)29-17-26(4)33(19-31(29)41(45)46)50-13-12-14-51-35-20-32(42(47)48)30(18-34(35)49-8)37(44)40-22-25(3)16-28(40)23-52-53(9,10)38(5,6)7/h17-22,27-28H,11-16,23H2,1-10H3/t27-,28+/m1/s1. The van der Waals surface area contributed by atoms with E-state index in [1.165, 1.54) is 36.3 Å². The third kappa shape index (κ3) is 9.25. The second-order valence-corrected chi connectivity index (χ2v) is 20.1. The summed E-state index contributed by atoms with van der Waals surface area (Å²) in [6.45, 7) is 18.7. The second-order valence-electron chi connectivity index (χ2n) is 15.3. The van der Waals surface area contributed by atoms with E-state index in [1.54, 1.807) is 24.2 Å². The van der Waals surface area contributed by atoms with Gasteiger partial charge < -0.3 is 28.4 Å². The van der Waals surface area contributed by atoms with Crippen LogP contribution < -0.4 is 14.2 Å². The largest absolute Gasteiger partial charge is 0.493 e. The number of nitrogens with zero attached hydrogens (tertiary/aromatic N) is 4. The van der Waals surface area contributed by atoms with Gasteiger partial charge in [-0.1, -0.05) is 38.8 Å². The third-order valence-electron chi connectivity index (χ3n) is 10.2. The average Bonchev–Trinajstić information content (AvgIpc) is 3.67. The molecule has 0 N–H and O–H groups in total. The smallest absolute Gasteiger partial charge is 0.286 e. The van der Waals surface area contributed by atoms with Gasteiger partial charge in [0, 0.05) is 30.9 Å². The van der Waals surface area contributed by atoms with Gasteiger partial charge in [-0.2, -0.15) is 0 Å². The summed E-state index contributed by atoms with van der Waals surface area (Å²) in [4.78, 5) is 53.4. The molecule has 0 aromatic heterocycles. The van der Waals surface area contributed by atoms with Crippen LogP contribution in [0.5, 0.6) is 17.2 Å². The number of hydrogen-bond acceptors (Lipinski definition) is 10. The van der Waals surface area contributed by atoms with Crippen molar-refractivity contribution >= 4 is 31.5 Å². The van der Waals surface area contributed by atoms with Gasteiger partial charge in [-0.05, 0) is 69.8 Å². The number of nitro benzene ring substituents is 2. The zero-order valence-corrected chi connectivity index (χ0v) is 33.4. The Labute approximate surface area is 312 Å². The van der Waals surface area contributed by atoms with Gasteiger partial charge in [-0.3, -0.25) is 29.8 Å². The van der Waals surface area contributed by atoms with Crippen molar-refractivity contribution < 1.29 is 38.1 Å². The van der Waals surface area contributed by atoms with Gasteiger partial charge in [0.2, 0.25) is 0 Å². The Kier molecular flexibility index (Phi) is 12.8. The van der Waals surface area contributed by atoms with E-state index < -0.39 is 35.7 Å². The lowest BCUT2D eigenvalue weighted by molar-refractivity contribution is -0.385. The number of nitro groups is 2. The van der Waals surface area contributed by atoms with Crippen molar-refractivity contribution in [2.45, 2.75) is 104 Å². The zero-order chi connectivity index (χ0) is 39.4. The van der Waals surface area contributed by atoms with E-state index in [4.69, 9.17) is 18.6 Å². The summed E-state index contributed by atoms with van der Waals surface area (Å²) in [5, 5.41) is 24.2. The first-order chi connectivity index (χ1) is 24.8. The first kappa shape index (κ1) is 41.0. The Morgan fingerprint density at radius 1 is 0.811 bits per heavy atom. The fourth-order valence-corrected chi connectivity index (χ4v) is 7.22. The molecule has 14 nitrogen and oxygen atoms in total. The molecular weight excluding hydrogens is 701 g/mol. The molecule has 0 saturated carbocycles. The highest BCUT2D eigenvalue weighted by Crippen LogP contribution is 2.39. The van der Waals surface area contributed by atoms with E-state index in [-0.39, 0.29) is 64.4 Å². The Hall–Kier alpha value is -4.76. The lowest BCUT2D eigenvalue weighted by Crippen LogP contribution is -2.45. The lowest BCUT2D eigenvalue weighted by Gasteiger charge is -2.38. The molecule has 0 radical (unpaired) electrons. The van der Waals surface area contributed by atoms with Gasteiger partial charge in [-0.25, -0.2) is 0 Å². The number of ether oxygens (including phenoxy) is 3. The molecule has 0 fully saturated rings. The number of hydrogen-bond donors (Lipinski definition) is 0. The fourth-order valence-electron chi connectivity index (χ4n) is 6.18. The van der Waals surface area contributed by atoms with E-state index in [2.05, 4.69) is 33.9 Å². The molecule has 2 aliphatic rings. The maximum atomic E-state index is 13.9. The van der Waals surface area contributed by atoms with Crippen LogP contribution in [0.1, 0.15) is 93.5 Å². The van der Waals surface area contributed by atoms with Crippen molar-refractivity contribution in [3.8, 4) is 17.2 Å². The maximum absolute atomic E-state index is 13.9. The van der Waals surface area contributed by atoms with Crippen LogP contribution in [-0.2, 0) is 4.43 Å². The van der Waals surface area contributed by atoms with E-state index >= 15 is 0 Å². The first-order valence-corrected chi connectivity index (χ1v) is 20.7. The first-order valence-electron chi connectivity index (χ1n) is 17.8. The molecule has 15 heteroatoms. The summed E-state index contributed by atoms with van der Waals surface area (Å²) < 4.78 is 23.6. The monoisotopic (exact) mass is 752 g/mol. The summed E-state index contributed by atoms with van der Waals surface area (Å²) in [6, 6.07) is 4.90. The highest BCUT2D eigenvalue weighted by molar-refractivity contribution is 6.74. The molecule has 288 valence electrons. The van der Waals surface area contributed by atoms with Crippen LogP contribution in [0.4, 0.5) is 11.4 Å². The van der Waals surface area contributed by atoms with Crippen molar-refractivity contribution in [3.05, 3.63) is 84.7 Å². The van der Waals surface area contributed by atoms with E-state index in [9.17, 15) is 29.8 Å². The fraction of sp³-hybridized carbons (Fsp3) is 0.526. The topological polar surface area (TPSA) is 164 Å². The minimum absolute atomic E-state index is 0.00547. The van der Waals surface area contributed by atoms with Crippen LogP contribution in [0, 0.1) is 27.2 Å². The Bertz CT molecular complexity index is 1820. The molecular formula is C38H52N4O10Si. The number of methoxy groups -OCH3 is 1. The number of carbonyl (C=O) groups excluding carboxylic acids is 2. The van der Waals surface area contributed by atoms with Crippen LogP contribution >= 0.6 is 0 Å². The summed E-state index contributed by atoms with van der Waals surface area (Å²) in [6.07, 6.45) is 5.82. The summed E-state index contributed by atoms with van der Waals surface area (Å²) in [5.74, 6) is -0.489. The third-order valence-corrected chi connectivity index (χ3v) is 14.7. The molecule has 2 atom stereocenters. The average molecular weight is 753 g/mol. The number of amides is 2. The quantitative estimate of drug-likeness (QED) is 0.0748. The molecule has 53 heavy (non-hydrogen) atoms. The van der Waals surface area contributed by atoms with Gasteiger partial charge in [0.05, 0.1) is 55.0 Å². The van der Waals surface area contributed by atoms with Crippen molar-refractivity contribution in [1.29, 1.82) is 0 Å². The van der Waals surface area contributed by atoms with Crippen LogP contribution in [-0.4, -0.2) is 78.8 Å². The molecule has 0 bridgehead atoms. The van der Waals surface area contributed by atoms with Gasteiger partial charge in [0.15, 0.2) is 19.8 Å². The molecule has 4 rings (SSSR count). The highest BCUT2D eigenvalue weighted by atomic mass is 28.4. The number of carbonyl (C=O) groups is 2. The minimum Gasteiger partial charge on any atom is -0.493 e. The second kappa shape index (κ2) is 16.5. The Balaban J connectivity index is 1.45. The predicted octanol–water partition coefficient (Wildman–Crippen LogP) is 8.34. The van der Waals surface area contributed by atoms with Crippen molar-refractivity contribution in [1.82, 2.24) is 9.80 Å². The molecule has 2 aliphatic heterocycles. The number of benzene rings is 2. The summed E-state index contributed by atoms with van der Waals surface area (Å²) >= 11 is 0. The predicted molar refractivity (Wildman–Crippen MR) is 203 cm³/mol. The minimum atomic E-state index is -2.11. The van der Waals surface area contributed by atoms with E-state index in [0.717, 1.165) is 24.0 Å². The molecule has 0 aliphatic carbocycles. The van der Waals surface area contributed by atoms with Crippen molar-refractivity contribution in [2.24, 2.45) is 0 Å². The van der Waals surface area contributed by atoms with Crippen molar-refractivity contribution in [3.63, 3.8) is 0 Å². The molecule has 0 spiro atoms. The molecule has 2 amide bonds.